The van der Waals surface area contributed by atoms with Crippen molar-refractivity contribution in [2.75, 3.05) is 11.4 Å². The number of aromatic nitrogens is 1. The van der Waals surface area contributed by atoms with Crippen LogP contribution in [0.25, 0.3) is 0 Å². The van der Waals surface area contributed by atoms with Crippen molar-refractivity contribution in [2.45, 2.75) is 75.8 Å². The highest BCUT2D eigenvalue weighted by molar-refractivity contribution is 9.10. The molecule has 0 aliphatic carbocycles. The molecule has 0 saturated carbocycles. The quantitative estimate of drug-likeness (QED) is 0.211. The average Bonchev–Trinajstić information content (AvgIpc) is 3.13. The Labute approximate surface area is 231 Å². The van der Waals surface area contributed by atoms with E-state index in [0.29, 0.717) is 5.56 Å². The molecular weight excluding hydrogens is 627 g/mol. The van der Waals surface area contributed by atoms with Gasteiger partial charge in [-0.05, 0) is 84.9 Å². The predicted molar refractivity (Wildman–Crippen MR) is 128 cm³/mol. The van der Waals surface area contributed by atoms with E-state index in [9.17, 15) is 49.4 Å². The zero-order valence-corrected chi connectivity index (χ0v) is 22.8. The molecule has 1 aliphatic heterocycles. The van der Waals surface area contributed by atoms with Gasteiger partial charge in [0.05, 0.1) is 11.1 Å². The van der Waals surface area contributed by atoms with Crippen LogP contribution in [0.15, 0.2) is 34.9 Å². The lowest BCUT2D eigenvalue weighted by Gasteiger charge is -2.37. The molecule has 0 amide bonds. The third-order valence-electron chi connectivity index (χ3n) is 6.32. The number of carbonyl (C=O) groups is 1. The number of halogens is 10. The Morgan fingerprint density at radius 3 is 2.02 bits per heavy atom. The number of esters is 1. The molecule has 1 aromatic heterocycles. The van der Waals surface area contributed by atoms with Crippen molar-refractivity contribution in [1.82, 2.24) is 4.98 Å². The Morgan fingerprint density at radius 2 is 1.57 bits per heavy atom. The summed E-state index contributed by atoms with van der Waals surface area (Å²) in [7, 11) is 0. The van der Waals surface area contributed by atoms with Crippen LogP contribution in [-0.2, 0) is 33.7 Å². The third-order valence-corrected chi connectivity index (χ3v) is 7.00. The molecule has 0 radical (unpaired) electrons. The molecule has 5 nitrogen and oxygen atoms in total. The first-order chi connectivity index (χ1) is 18.1. The maximum Gasteiger partial charge on any atom is 0.416 e. The van der Waals surface area contributed by atoms with Crippen molar-refractivity contribution in [3.8, 4) is 0 Å². The van der Waals surface area contributed by atoms with Gasteiger partial charge in [-0.15, -0.1) is 0 Å². The molecule has 1 fully saturated rings. The monoisotopic (exact) mass is 650 g/mol. The molecule has 2 atom stereocenters. The first-order valence-corrected chi connectivity index (χ1v) is 12.5. The summed E-state index contributed by atoms with van der Waals surface area (Å²) in [6.45, 7) is 4.46. The number of carbonyl (C=O) groups excluding carboxylic acids is 1. The van der Waals surface area contributed by atoms with Crippen molar-refractivity contribution >= 4 is 27.7 Å². The Morgan fingerprint density at radius 1 is 1.02 bits per heavy atom. The van der Waals surface area contributed by atoms with Gasteiger partial charge in [0.2, 0.25) is 0 Å². The summed E-state index contributed by atoms with van der Waals surface area (Å²) in [6, 6.07) is 2.35. The van der Waals surface area contributed by atoms with Crippen LogP contribution in [0.3, 0.4) is 0 Å². The molecule has 15 heteroatoms. The molecule has 1 aromatic carbocycles. The smallest absolute Gasteiger partial charge is 0.416 e. The molecule has 222 valence electrons. The molecule has 40 heavy (non-hydrogen) atoms. The van der Waals surface area contributed by atoms with Crippen molar-refractivity contribution < 1.29 is 54.2 Å². The largest absolute Gasteiger partial charge is 0.460 e. The van der Waals surface area contributed by atoms with E-state index >= 15 is 0 Å². The van der Waals surface area contributed by atoms with Gasteiger partial charge in [0.25, 0.3) is 0 Å². The number of aryl methyl sites for hydroxylation is 1. The second-order valence-corrected chi connectivity index (χ2v) is 11.0. The molecule has 2 heterocycles. The molecule has 1 aliphatic rings. The molecule has 2 unspecified atom stereocenters. The van der Waals surface area contributed by atoms with E-state index in [0.717, 1.165) is 4.90 Å². The third kappa shape index (κ3) is 6.67. The van der Waals surface area contributed by atoms with Crippen LogP contribution in [0.1, 0.15) is 55.9 Å². The summed E-state index contributed by atoms with van der Waals surface area (Å²) in [6.07, 6.45) is -19.8. The Balaban J connectivity index is 1.99. The van der Waals surface area contributed by atoms with E-state index in [2.05, 4.69) is 20.9 Å². The fourth-order valence-electron chi connectivity index (χ4n) is 4.44. The van der Waals surface area contributed by atoms with E-state index < -0.39 is 71.4 Å². The normalized spacial score (nSPS) is 20.6. The van der Waals surface area contributed by atoms with E-state index in [4.69, 9.17) is 4.74 Å². The number of aliphatic hydroxyl groups excluding tert-OH is 1. The maximum atomic E-state index is 14.5. The summed E-state index contributed by atoms with van der Waals surface area (Å²) >= 11 is 3.16. The number of nitrogens with zero attached hydrogens (tertiary/aromatic N) is 2. The molecule has 0 spiro atoms. The van der Waals surface area contributed by atoms with Crippen LogP contribution in [-0.4, -0.2) is 40.6 Å². The lowest BCUT2D eigenvalue weighted by Crippen LogP contribution is -2.52. The van der Waals surface area contributed by atoms with Crippen LogP contribution >= 0.6 is 15.9 Å². The highest BCUT2D eigenvalue weighted by Crippen LogP contribution is 2.53. The summed E-state index contributed by atoms with van der Waals surface area (Å²) in [5.41, 5.74) is -8.96. The number of pyridine rings is 1. The summed E-state index contributed by atoms with van der Waals surface area (Å²) in [4.78, 5) is 16.9. The molecule has 1 saturated heterocycles. The zero-order valence-electron chi connectivity index (χ0n) is 21.2. The highest BCUT2D eigenvalue weighted by Gasteiger charge is 2.65. The summed E-state index contributed by atoms with van der Waals surface area (Å²) in [5.74, 6) is -0.720. The topological polar surface area (TPSA) is 62.7 Å². The van der Waals surface area contributed by atoms with Gasteiger partial charge in [0, 0.05) is 13.0 Å². The lowest BCUT2D eigenvalue weighted by atomic mass is 9.76. The number of hydrogen-bond acceptors (Lipinski definition) is 5. The average molecular weight is 651 g/mol. The van der Waals surface area contributed by atoms with Gasteiger partial charge >= 0.3 is 24.5 Å². The SMILES string of the molecule is CC(C)(C)OC(=O)CCc1ccc(N2CCC(c3cc(C(F)(F)F)cc(C(F)(F)F)c3)(C(F)(F)F)C2O)nc1Br. The van der Waals surface area contributed by atoms with Gasteiger partial charge in [-0.1, -0.05) is 6.07 Å². The second kappa shape index (κ2) is 10.7. The van der Waals surface area contributed by atoms with Crippen molar-refractivity contribution in [3.05, 3.63) is 57.2 Å². The minimum atomic E-state index is -5.45. The first kappa shape index (κ1) is 32.0. The standard InChI is InChI=1S/C25H24BrF9N2O3/c1-21(2,3)40-18(38)7-5-13-4-6-17(36-19(13)26)37-9-8-22(20(37)39,25(33,34)35)14-10-15(23(27,28)29)12-16(11-14)24(30,31)32/h4,6,10-12,20,39H,5,7-9H2,1-3H3. The number of aliphatic hydroxyl groups is 1. The molecule has 0 bridgehead atoms. The first-order valence-electron chi connectivity index (χ1n) is 11.7. The highest BCUT2D eigenvalue weighted by atomic mass is 79.9. The summed E-state index contributed by atoms with van der Waals surface area (Å²) < 4.78 is 129. The van der Waals surface area contributed by atoms with Crippen LogP contribution in [0.2, 0.25) is 0 Å². The maximum absolute atomic E-state index is 14.5. The number of alkyl halides is 9. The Kier molecular flexibility index (Phi) is 8.55. The Hall–Kier alpha value is -2.55. The fraction of sp³-hybridized carbons (Fsp3) is 0.520. The van der Waals surface area contributed by atoms with Crippen LogP contribution in [0.5, 0.6) is 0 Å². The molecular formula is C25H24BrF9N2O3. The predicted octanol–water partition coefficient (Wildman–Crippen LogP) is 7.18. The van der Waals surface area contributed by atoms with E-state index in [1.54, 1.807) is 20.8 Å². The van der Waals surface area contributed by atoms with Crippen molar-refractivity contribution in [1.29, 1.82) is 0 Å². The second-order valence-electron chi connectivity index (χ2n) is 10.3. The van der Waals surface area contributed by atoms with Crippen LogP contribution in [0, 0.1) is 0 Å². The molecule has 3 rings (SSSR count). The van der Waals surface area contributed by atoms with Gasteiger partial charge in [-0.3, -0.25) is 4.79 Å². The van der Waals surface area contributed by atoms with E-state index in [1.807, 2.05) is 0 Å². The van der Waals surface area contributed by atoms with Crippen molar-refractivity contribution in [3.63, 3.8) is 0 Å². The Bertz CT molecular complexity index is 1220. The zero-order chi connectivity index (χ0) is 30.5. The minimum Gasteiger partial charge on any atom is -0.460 e. The van der Waals surface area contributed by atoms with Gasteiger partial charge in [0.1, 0.15) is 27.7 Å². The number of rotatable bonds is 5. The number of anilines is 1. The lowest BCUT2D eigenvalue weighted by molar-refractivity contribution is -0.211. The number of hydrogen-bond donors (Lipinski definition) is 1. The minimum absolute atomic E-state index is 0.0153. The summed E-state index contributed by atoms with van der Waals surface area (Å²) in [5, 5.41) is 10.9. The van der Waals surface area contributed by atoms with Gasteiger partial charge in [-0.25, -0.2) is 4.98 Å². The molecule has 2 aromatic rings. The number of benzene rings is 1. The van der Waals surface area contributed by atoms with E-state index in [-0.39, 0.29) is 41.5 Å². The van der Waals surface area contributed by atoms with Crippen LogP contribution < -0.4 is 4.90 Å². The van der Waals surface area contributed by atoms with Gasteiger partial charge in [0.15, 0.2) is 0 Å². The van der Waals surface area contributed by atoms with Crippen LogP contribution in [0.4, 0.5) is 45.3 Å². The van der Waals surface area contributed by atoms with E-state index in [1.165, 1.54) is 12.1 Å². The number of ether oxygens (including phenoxy) is 1. The fourth-order valence-corrected chi connectivity index (χ4v) is 4.95. The van der Waals surface area contributed by atoms with Gasteiger partial charge < -0.3 is 14.7 Å². The van der Waals surface area contributed by atoms with Crippen molar-refractivity contribution in [2.24, 2.45) is 0 Å². The molecule has 1 N–H and O–H groups in total. The van der Waals surface area contributed by atoms with Gasteiger partial charge in [-0.2, -0.15) is 39.5 Å².